The van der Waals surface area contributed by atoms with Crippen molar-refractivity contribution in [1.29, 1.82) is 0 Å². The summed E-state index contributed by atoms with van der Waals surface area (Å²) in [6, 6.07) is 0. The van der Waals surface area contributed by atoms with Crippen LogP contribution in [0.25, 0.3) is 0 Å². The average molecular weight is 168 g/mol. The molecule has 0 saturated carbocycles. The molecule has 0 spiro atoms. The first-order valence-electron chi connectivity index (χ1n) is 3.21. The van der Waals surface area contributed by atoms with Crippen LogP contribution in [0.15, 0.2) is 12.3 Å². The first kappa shape index (κ1) is 10.3. The summed E-state index contributed by atoms with van der Waals surface area (Å²) in [7, 11) is 0. The topological polar surface area (TPSA) is 9.23 Å². The van der Waals surface area contributed by atoms with Crippen molar-refractivity contribution in [3.8, 4) is 0 Å². The number of halogens is 3. The lowest BCUT2D eigenvalue weighted by Crippen LogP contribution is -2.17. The van der Waals surface area contributed by atoms with Gasteiger partial charge in [-0.3, -0.25) is 0 Å². The summed E-state index contributed by atoms with van der Waals surface area (Å²) in [6.45, 7) is 5.53. The SMILES string of the molecule is C=C(OCC(F)(F)F)C(C)C. The highest BCUT2D eigenvalue weighted by Gasteiger charge is 2.28. The van der Waals surface area contributed by atoms with Crippen molar-refractivity contribution in [1.82, 2.24) is 0 Å². The number of ether oxygens (including phenoxy) is 1. The minimum atomic E-state index is -4.27. The molecule has 0 radical (unpaired) electrons. The third-order valence-electron chi connectivity index (χ3n) is 1.07. The van der Waals surface area contributed by atoms with Crippen LogP contribution in [-0.2, 0) is 4.74 Å². The molecule has 0 aliphatic carbocycles. The molecule has 0 heterocycles. The van der Waals surface area contributed by atoms with Gasteiger partial charge in [0.25, 0.3) is 0 Å². The van der Waals surface area contributed by atoms with E-state index in [4.69, 9.17) is 0 Å². The molecule has 0 aromatic rings. The van der Waals surface area contributed by atoms with Gasteiger partial charge in [-0.25, -0.2) is 0 Å². The van der Waals surface area contributed by atoms with Gasteiger partial charge in [0.1, 0.15) is 0 Å². The van der Waals surface area contributed by atoms with Crippen LogP contribution in [0.1, 0.15) is 13.8 Å². The Hall–Kier alpha value is -0.670. The second-order valence-corrected chi connectivity index (χ2v) is 2.52. The summed E-state index contributed by atoms with van der Waals surface area (Å²) in [5.74, 6) is 0.0969. The molecule has 0 fully saturated rings. The smallest absolute Gasteiger partial charge is 0.422 e. The van der Waals surface area contributed by atoms with E-state index < -0.39 is 12.8 Å². The Morgan fingerprint density at radius 2 is 1.91 bits per heavy atom. The van der Waals surface area contributed by atoms with Crippen molar-refractivity contribution in [2.75, 3.05) is 6.61 Å². The van der Waals surface area contributed by atoms with Gasteiger partial charge in [-0.15, -0.1) is 0 Å². The molecule has 0 atom stereocenters. The zero-order valence-electron chi connectivity index (χ0n) is 6.53. The minimum absolute atomic E-state index is 0.0719. The van der Waals surface area contributed by atoms with E-state index in [1.54, 1.807) is 13.8 Å². The van der Waals surface area contributed by atoms with Gasteiger partial charge in [0.05, 0.1) is 5.76 Å². The molecule has 0 unspecified atom stereocenters. The van der Waals surface area contributed by atoms with Crippen LogP contribution in [0.3, 0.4) is 0 Å². The van der Waals surface area contributed by atoms with E-state index in [-0.39, 0.29) is 11.7 Å². The summed E-state index contributed by atoms with van der Waals surface area (Å²) in [4.78, 5) is 0. The highest BCUT2D eigenvalue weighted by Crippen LogP contribution is 2.18. The lowest BCUT2D eigenvalue weighted by atomic mass is 10.2. The van der Waals surface area contributed by atoms with Crippen LogP contribution in [0.4, 0.5) is 13.2 Å². The third kappa shape index (κ3) is 5.76. The van der Waals surface area contributed by atoms with Crippen LogP contribution >= 0.6 is 0 Å². The Morgan fingerprint density at radius 1 is 1.45 bits per heavy atom. The van der Waals surface area contributed by atoms with Gasteiger partial charge in [-0.1, -0.05) is 20.4 Å². The molecule has 0 aliphatic rings. The molecular weight excluding hydrogens is 157 g/mol. The third-order valence-corrected chi connectivity index (χ3v) is 1.07. The van der Waals surface area contributed by atoms with Crippen LogP contribution in [0.5, 0.6) is 0 Å². The Bertz CT molecular complexity index is 137. The largest absolute Gasteiger partial charge is 0.489 e. The molecule has 0 amide bonds. The van der Waals surface area contributed by atoms with Gasteiger partial charge in [-0.2, -0.15) is 13.2 Å². The van der Waals surface area contributed by atoms with Gasteiger partial charge < -0.3 is 4.74 Å². The Balaban J connectivity index is 3.64. The quantitative estimate of drug-likeness (QED) is 0.589. The Morgan fingerprint density at radius 3 is 2.18 bits per heavy atom. The van der Waals surface area contributed by atoms with Crippen LogP contribution < -0.4 is 0 Å². The lowest BCUT2D eigenvalue weighted by Gasteiger charge is -2.13. The van der Waals surface area contributed by atoms with Crippen molar-refractivity contribution in [3.05, 3.63) is 12.3 Å². The van der Waals surface area contributed by atoms with Gasteiger partial charge in [0.2, 0.25) is 0 Å². The van der Waals surface area contributed by atoms with Crippen molar-refractivity contribution in [2.45, 2.75) is 20.0 Å². The van der Waals surface area contributed by atoms with Crippen molar-refractivity contribution < 1.29 is 17.9 Å². The van der Waals surface area contributed by atoms with E-state index in [2.05, 4.69) is 11.3 Å². The maximum absolute atomic E-state index is 11.5. The first-order valence-corrected chi connectivity index (χ1v) is 3.21. The van der Waals surface area contributed by atoms with Crippen LogP contribution in [0.2, 0.25) is 0 Å². The number of alkyl halides is 3. The van der Waals surface area contributed by atoms with E-state index >= 15 is 0 Å². The molecular formula is C7H11F3O. The maximum Gasteiger partial charge on any atom is 0.422 e. The van der Waals surface area contributed by atoms with E-state index in [1.165, 1.54) is 0 Å². The van der Waals surface area contributed by atoms with Crippen molar-refractivity contribution >= 4 is 0 Å². The number of allylic oxidation sites excluding steroid dienone is 1. The average Bonchev–Trinajstić information content (AvgIpc) is 1.80. The molecule has 0 bridgehead atoms. The molecule has 0 aromatic heterocycles. The van der Waals surface area contributed by atoms with Gasteiger partial charge in [0.15, 0.2) is 6.61 Å². The maximum atomic E-state index is 11.5. The number of hydrogen-bond acceptors (Lipinski definition) is 1. The molecule has 1 nitrogen and oxygen atoms in total. The summed E-state index contributed by atoms with van der Waals surface area (Å²) in [5, 5.41) is 0. The molecule has 0 saturated heterocycles. The summed E-state index contributed by atoms with van der Waals surface area (Å²) in [5.41, 5.74) is 0. The van der Waals surface area contributed by atoms with Gasteiger partial charge >= 0.3 is 6.18 Å². The number of rotatable bonds is 3. The summed E-state index contributed by atoms with van der Waals surface area (Å²) >= 11 is 0. The summed E-state index contributed by atoms with van der Waals surface area (Å²) < 4.78 is 38.9. The fourth-order valence-corrected chi connectivity index (χ4v) is 0.341. The van der Waals surface area contributed by atoms with Gasteiger partial charge in [0, 0.05) is 5.92 Å². The summed E-state index contributed by atoms with van der Waals surface area (Å²) in [6.07, 6.45) is -4.27. The first-order chi connectivity index (χ1) is 4.83. The number of hydrogen-bond donors (Lipinski definition) is 0. The van der Waals surface area contributed by atoms with E-state index in [0.29, 0.717) is 0 Å². The standard InChI is InChI=1S/C7H11F3O/c1-5(2)6(3)11-4-7(8,9)10/h5H,3-4H2,1-2H3. The van der Waals surface area contributed by atoms with Gasteiger partial charge in [-0.05, 0) is 0 Å². The predicted molar refractivity (Wildman–Crippen MR) is 36.0 cm³/mol. The highest BCUT2D eigenvalue weighted by atomic mass is 19.4. The van der Waals surface area contributed by atoms with Crippen LogP contribution in [0, 0.1) is 5.92 Å². The Labute approximate surface area is 63.8 Å². The Kier molecular flexibility index (Phi) is 3.42. The molecule has 0 rings (SSSR count). The molecule has 0 aliphatic heterocycles. The zero-order valence-corrected chi connectivity index (χ0v) is 6.53. The fourth-order valence-electron chi connectivity index (χ4n) is 0.341. The van der Waals surface area contributed by atoms with Crippen LogP contribution in [-0.4, -0.2) is 12.8 Å². The molecule has 11 heavy (non-hydrogen) atoms. The monoisotopic (exact) mass is 168 g/mol. The normalized spacial score (nSPS) is 11.8. The minimum Gasteiger partial charge on any atom is -0.489 e. The molecule has 0 aromatic carbocycles. The second-order valence-electron chi connectivity index (χ2n) is 2.52. The molecule has 66 valence electrons. The lowest BCUT2D eigenvalue weighted by molar-refractivity contribution is -0.166. The molecule has 0 N–H and O–H groups in total. The second kappa shape index (κ2) is 3.64. The van der Waals surface area contributed by atoms with E-state index in [1.807, 2.05) is 0 Å². The fraction of sp³-hybridized carbons (Fsp3) is 0.714. The molecule has 4 heteroatoms. The van der Waals surface area contributed by atoms with Crippen molar-refractivity contribution in [2.24, 2.45) is 5.92 Å². The van der Waals surface area contributed by atoms with E-state index in [9.17, 15) is 13.2 Å². The highest BCUT2D eigenvalue weighted by molar-refractivity contribution is 4.86. The van der Waals surface area contributed by atoms with Crippen molar-refractivity contribution in [3.63, 3.8) is 0 Å². The zero-order chi connectivity index (χ0) is 9.07. The van der Waals surface area contributed by atoms with E-state index in [0.717, 1.165) is 0 Å². The predicted octanol–water partition coefficient (Wildman–Crippen LogP) is 2.74.